The maximum atomic E-state index is 6.16. The molecule has 19 heavy (non-hydrogen) atoms. The molecule has 1 aromatic heterocycles. The van der Waals surface area contributed by atoms with Gasteiger partial charge in [-0.1, -0.05) is 23.7 Å². The van der Waals surface area contributed by atoms with Crippen molar-refractivity contribution < 1.29 is 0 Å². The average Bonchev–Trinajstić information content (AvgIpc) is 2.72. The van der Waals surface area contributed by atoms with Crippen molar-refractivity contribution in [3.8, 4) is 0 Å². The van der Waals surface area contributed by atoms with Crippen LogP contribution in [0.1, 0.15) is 17.3 Å². The third kappa shape index (κ3) is 2.73. The van der Waals surface area contributed by atoms with Crippen molar-refractivity contribution in [2.24, 2.45) is 12.9 Å². The molecule has 0 aliphatic carbocycles. The van der Waals surface area contributed by atoms with Crippen LogP contribution in [0.4, 0.5) is 5.69 Å². The Morgan fingerprint density at radius 3 is 2.37 bits per heavy atom. The summed E-state index contributed by atoms with van der Waals surface area (Å²) in [6, 6.07) is 7.97. The van der Waals surface area contributed by atoms with Gasteiger partial charge in [0.1, 0.15) is 0 Å². The van der Waals surface area contributed by atoms with E-state index in [-0.39, 0.29) is 6.04 Å². The molecule has 6 heteroatoms. The number of hydrogen-bond acceptors (Lipinski definition) is 4. The summed E-state index contributed by atoms with van der Waals surface area (Å²) in [7, 11) is 5.86. The van der Waals surface area contributed by atoms with Crippen molar-refractivity contribution in [2.75, 3.05) is 19.0 Å². The van der Waals surface area contributed by atoms with Crippen molar-refractivity contribution in [2.45, 2.75) is 6.04 Å². The van der Waals surface area contributed by atoms with E-state index in [2.05, 4.69) is 10.5 Å². The third-order valence-corrected chi connectivity index (χ3v) is 3.41. The Kier molecular flexibility index (Phi) is 4.09. The first-order valence-electron chi connectivity index (χ1n) is 5.95. The summed E-state index contributed by atoms with van der Waals surface area (Å²) in [5, 5.41) is 4.74. The van der Waals surface area contributed by atoms with Gasteiger partial charge < -0.3 is 4.90 Å². The Morgan fingerprint density at radius 1 is 1.32 bits per heavy atom. The molecule has 1 heterocycles. The standard InChI is InChI=1S/C13H18ClN5/c1-18(2)10-6-4-9(5-7-10)12(17-15)13-11(14)8-16-19(13)3/h4-8,12,17H,15H2,1-3H3. The first-order valence-corrected chi connectivity index (χ1v) is 6.33. The van der Waals surface area contributed by atoms with Crippen LogP contribution in [0.5, 0.6) is 0 Å². The Morgan fingerprint density at radius 2 is 1.95 bits per heavy atom. The highest BCUT2D eigenvalue weighted by atomic mass is 35.5. The predicted octanol–water partition coefficient (Wildman–Crippen LogP) is 1.69. The largest absolute Gasteiger partial charge is 0.378 e. The molecule has 1 aromatic carbocycles. The van der Waals surface area contributed by atoms with Gasteiger partial charge in [0.15, 0.2) is 0 Å². The number of hydrazine groups is 1. The van der Waals surface area contributed by atoms with E-state index in [9.17, 15) is 0 Å². The lowest BCUT2D eigenvalue weighted by Crippen LogP contribution is -2.30. The van der Waals surface area contributed by atoms with Crippen LogP contribution in [0.3, 0.4) is 0 Å². The number of rotatable bonds is 4. The molecular weight excluding hydrogens is 262 g/mol. The zero-order valence-electron chi connectivity index (χ0n) is 11.3. The molecule has 2 aromatic rings. The summed E-state index contributed by atoms with van der Waals surface area (Å²) in [6.07, 6.45) is 1.62. The molecule has 0 aliphatic rings. The summed E-state index contributed by atoms with van der Waals surface area (Å²) in [5.41, 5.74) is 5.82. The first-order chi connectivity index (χ1) is 9.04. The van der Waals surface area contributed by atoms with Crippen molar-refractivity contribution >= 4 is 17.3 Å². The molecule has 0 saturated heterocycles. The number of benzene rings is 1. The van der Waals surface area contributed by atoms with Crippen LogP contribution in [-0.4, -0.2) is 23.9 Å². The monoisotopic (exact) mass is 279 g/mol. The molecule has 102 valence electrons. The number of aryl methyl sites for hydroxylation is 1. The molecule has 0 fully saturated rings. The topological polar surface area (TPSA) is 59.1 Å². The maximum Gasteiger partial charge on any atom is 0.0893 e. The van der Waals surface area contributed by atoms with Gasteiger partial charge in [0.2, 0.25) is 0 Å². The maximum absolute atomic E-state index is 6.16. The Hall–Kier alpha value is -1.56. The van der Waals surface area contributed by atoms with Gasteiger partial charge in [-0.05, 0) is 17.7 Å². The third-order valence-electron chi connectivity index (χ3n) is 3.12. The molecule has 0 amide bonds. The SMILES string of the molecule is CN(C)c1ccc(C(NN)c2c(Cl)cnn2C)cc1. The van der Waals surface area contributed by atoms with Crippen LogP contribution in [0.15, 0.2) is 30.5 Å². The first kappa shape index (κ1) is 13.9. The van der Waals surface area contributed by atoms with E-state index >= 15 is 0 Å². The van der Waals surface area contributed by atoms with Gasteiger partial charge in [0.25, 0.3) is 0 Å². The molecule has 0 saturated carbocycles. The molecule has 5 nitrogen and oxygen atoms in total. The zero-order valence-corrected chi connectivity index (χ0v) is 12.0. The molecule has 0 spiro atoms. The van der Waals surface area contributed by atoms with Crippen molar-refractivity contribution in [1.29, 1.82) is 0 Å². The highest BCUT2D eigenvalue weighted by molar-refractivity contribution is 6.31. The normalized spacial score (nSPS) is 12.5. The van der Waals surface area contributed by atoms with Gasteiger partial charge in [-0.25, -0.2) is 5.43 Å². The number of halogens is 1. The van der Waals surface area contributed by atoms with E-state index in [0.29, 0.717) is 5.02 Å². The van der Waals surface area contributed by atoms with Gasteiger partial charge in [0.05, 0.1) is 23.0 Å². The minimum atomic E-state index is -0.184. The Labute approximate surface area is 117 Å². The Balaban J connectivity index is 2.37. The summed E-state index contributed by atoms with van der Waals surface area (Å²) >= 11 is 6.16. The van der Waals surface area contributed by atoms with Crippen LogP contribution in [0, 0.1) is 0 Å². The summed E-state index contributed by atoms with van der Waals surface area (Å²) in [5.74, 6) is 5.67. The molecule has 3 N–H and O–H groups in total. The number of hydrogen-bond donors (Lipinski definition) is 2. The quantitative estimate of drug-likeness (QED) is 0.661. The second-order valence-electron chi connectivity index (χ2n) is 4.59. The van der Waals surface area contributed by atoms with E-state index < -0.39 is 0 Å². The van der Waals surface area contributed by atoms with E-state index in [1.807, 2.05) is 50.3 Å². The van der Waals surface area contributed by atoms with Crippen molar-refractivity contribution in [1.82, 2.24) is 15.2 Å². The van der Waals surface area contributed by atoms with E-state index in [1.165, 1.54) is 0 Å². The van der Waals surface area contributed by atoms with Crippen LogP contribution in [0.25, 0.3) is 0 Å². The van der Waals surface area contributed by atoms with E-state index in [1.54, 1.807) is 10.9 Å². The fourth-order valence-electron chi connectivity index (χ4n) is 2.04. The minimum absolute atomic E-state index is 0.184. The minimum Gasteiger partial charge on any atom is -0.378 e. The van der Waals surface area contributed by atoms with Crippen molar-refractivity contribution in [3.63, 3.8) is 0 Å². The molecular formula is C13H18ClN5. The molecule has 1 unspecified atom stereocenters. The molecule has 0 aliphatic heterocycles. The fourth-order valence-corrected chi connectivity index (χ4v) is 2.32. The molecule has 2 rings (SSSR count). The number of anilines is 1. The average molecular weight is 280 g/mol. The fraction of sp³-hybridized carbons (Fsp3) is 0.308. The number of nitrogens with two attached hydrogens (primary N) is 1. The summed E-state index contributed by atoms with van der Waals surface area (Å²) in [4.78, 5) is 2.05. The van der Waals surface area contributed by atoms with Gasteiger partial charge in [-0.15, -0.1) is 0 Å². The molecule has 0 radical (unpaired) electrons. The molecule has 1 atom stereocenters. The Bertz CT molecular complexity index is 527. The second kappa shape index (κ2) is 5.61. The van der Waals surface area contributed by atoms with Gasteiger partial charge in [0, 0.05) is 26.8 Å². The van der Waals surface area contributed by atoms with Gasteiger partial charge in [-0.2, -0.15) is 5.10 Å². The lowest BCUT2D eigenvalue weighted by atomic mass is 10.0. The van der Waals surface area contributed by atoms with E-state index in [0.717, 1.165) is 16.9 Å². The van der Waals surface area contributed by atoms with Crippen molar-refractivity contribution in [3.05, 3.63) is 46.7 Å². The van der Waals surface area contributed by atoms with E-state index in [4.69, 9.17) is 17.4 Å². The van der Waals surface area contributed by atoms with Crippen LogP contribution >= 0.6 is 11.6 Å². The number of nitrogens with zero attached hydrogens (tertiary/aromatic N) is 3. The number of aromatic nitrogens is 2. The smallest absolute Gasteiger partial charge is 0.0893 e. The van der Waals surface area contributed by atoms with Crippen LogP contribution in [-0.2, 0) is 7.05 Å². The predicted molar refractivity (Wildman–Crippen MR) is 78.2 cm³/mol. The molecule has 0 bridgehead atoms. The van der Waals surface area contributed by atoms with Gasteiger partial charge in [-0.3, -0.25) is 10.5 Å². The second-order valence-corrected chi connectivity index (χ2v) is 4.99. The lowest BCUT2D eigenvalue weighted by Gasteiger charge is -2.19. The highest BCUT2D eigenvalue weighted by Gasteiger charge is 2.19. The highest BCUT2D eigenvalue weighted by Crippen LogP contribution is 2.28. The van der Waals surface area contributed by atoms with Crippen LogP contribution < -0.4 is 16.2 Å². The summed E-state index contributed by atoms with van der Waals surface area (Å²) in [6.45, 7) is 0. The van der Waals surface area contributed by atoms with Crippen LogP contribution in [0.2, 0.25) is 5.02 Å². The summed E-state index contributed by atoms with van der Waals surface area (Å²) < 4.78 is 1.73. The lowest BCUT2D eigenvalue weighted by molar-refractivity contribution is 0.575. The van der Waals surface area contributed by atoms with Gasteiger partial charge >= 0.3 is 0 Å². The number of nitrogens with one attached hydrogen (secondary N) is 1. The zero-order chi connectivity index (χ0) is 14.0.